The molecule has 1 aromatic carbocycles. The van der Waals surface area contributed by atoms with Crippen LogP contribution >= 0.6 is 0 Å². The van der Waals surface area contributed by atoms with Crippen LogP contribution in [0.5, 0.6) is 5.75 Å². The zero-order valence-electron chi connectivity index (χ0n) is 14.8. The number of carbonyl (C=O) groups excluding carboxylic acids is 2. The number of ether oxygens (including phenoxy) is 1. The molecule has 1 aromatic rings. The van der Waals surface area contributed by atoms with E-state index < -0.39 is 11.6 Å². The van der Waals surface area contributed by atoms with Crippen LogP contribution in [0.15, 0.2) is 24.3 Å². The first-order valence-corrected chi connectivity index (χ1v) is 8.77. The van der Waals surface area contributed by atoms with Crippen molar-refractivity contribution in [2.24, 2.45) is 5.92 Å². The van der Waals surface area contributed by atoms with E-state index in [1.807, 2.05) is 45.0 Å². The highest BCUT2D eigenvalue weighted by Crippen LogP contribution is 2.49. The number of hydrogen-bond acceptors (Lipinski definition) is 3. The lowest BCUT2D eigenvalue weighted by Crippen LogP contribution is -2.63. The van der Waals surface area contributed by atoms with Gasteiger partial charge in [0, 0.05) is 25.4 Å². The smallest absolute Gasteiger partial charge is 0.238 e. The number of nitrogens with zero attached hydrogens (tertiary/aromatic N) is 1. The van der Waals surface area contributed by atoms with Crippen molar-refractivity contribution in [3.05, 3.63) is 29.8 Å². The SMILES string of the molecule is CCC(CC)NC(=O)[C@H]1C(=O)N(C)[C@@]2(C)C[C@H]1c1ccccc1O2. The van der Waals surface area contributed by atoms with Crippen molar-refractivity contribution in [3.63, 3.8) is 0 Å². The van der Waals surface area contributed by atoms with Crippen LogP contribution < -0.4 is 10.1 Å². The molecule has 1 fully saturated rings. The van der Waals surface area contributed by atoms with Gasteiger partial charge in [-0.3, -0.25) is 9.59 Å². The third-order valence-electron chi connectivity index (χ3n) is 5.57. The van der Waals surface area contributed by atoms with Crippen LogP contribution in [0.4, 0.5) is 0 Å². The minimum absolute atomic E-state index is 0.110. The van der Waals surface area contributed by atoms with Crippen LogP contribution in [0.1, 0.15) is 51.5 Å². The lowest BCUT2D eigenvalue weighted by Gasteiger charge is -2.51. The number of carbonyl (C=O) groups is 2. The summed E-state index contributed by atoms with van der Waals surface area (Å²) in [7, 11) is 1.73. The molecule has 0 aliphatic carbocycles. The van der Waals surface area contributed by atoms with E-state index in [2.05, 4.69) is 5.32 Å². The first-order valence-electron chi connectivity index (χ1n) is 8.77. The van der Waals surface area contributed by atoms with E-state index in [0.29, 0.717) is 6.42 Å². The van der Waals surface area contributed by atoms with Crippen molar-refractivity contribution in [1.29, 1.82) is 0 Å². The third-order valence-corrected chi connectivity index (χ3v) is 5.57. The summed E-state index contributed by atoms with van der Waals surface area (Å²) < 4.78 is 6.10. The lowest BCUT2D eigenvalue weighted by atomic mass is 9.73. The topological polar surface area (TPSA) is 58.6 Å². The fourth-order valence-corrected chi connectivity index (χ4v) is 3.87. The lowest BCUT2D eigenvalue weighted by molar-refractivity contribution is -0.171. The minimum atomic E-state index is -0.693. The van der Waals surface area contributed by atoms with Gasteiger partial charge < -0.3 is 15.0 Å². The maximum Gasteiger partial charge on any atom is 0.238 e. The molecule has 3 atom stereocenters. The molecule has 5 nitrogen and oxygen atoms in total. The van der Waals surface area contributed by atoms with Crippen molar-refractivity contribution in [1.82, 2.24) is 10.2 Å². The van der Waals surface area contributed by atoms with Crippen LogP contribution in [0, 0.1) is 5.92 Å². The van der Waals surface area contributed by atoms with Crippen LogP contribution in [-0.4, -0.2) is 35.5 Å². The summed E-state index contributed by atoms with van der Waals surface area (Å²) in [5.74, 6) is -0.376. The fourth-order valence-electron chi connectivity index (χ4n) is 3.87. The maximum atomic E-state index is 12.9. The second kappa shape index (κ2) is 6.11. The molecule has 130 valence electrons. The number of likely N-dealkylation sites (tertiary alicyclic amines) is 1. The highest BCUT2D eigenvalue weighted by atomic mass is 16.5. The number of hydrogen-bond donors (Lipinski definition) is 1. The van der Waals surface area contributed by atoms with Gasteiger partial charge in [0.2, 0.25) is 11.8 Å². The Morgan fingerprint density at radius 2 is 2.04 bits per heavy atom. The van der Waals surface area contributed by atoms with Gasteiger partial charge in [-0.25, -0.2) is 0 Å². The van der Waals surface area contributed by atoms with Gasteiger partial charge in [-0.05, 0) is 31.4 Å². The quantitative estimate of drug-likeness (QED) is 0.864. The van der Waals surface area contributed by atoms with Crippen molar-refractivity contribution < 1.29 is 14.3 Å². The minimum Gasteiger partial charge on any atom is -0.468 e. The molecule has 0 aromatic heterocycles. The maximum absolute atomic E-state index is 12.9. The average molecular weight is 330 g/mol. The monoisotopic (exact) mass is 330 g/mol. The van der Waals surface area contributed by atoms with Gasteiger partial charge in [-0.1, -0.05) is 32.0 Å². The Morgan fingerprint density at radius 3 is 2.71 bits per heavy atom. The van der Waals surface area contributed by atoms with E-state index in [1.54, 1.807) is 11.9 Å². The van der Waals surface area contributed by atoms with Gasteiger partial charge in [0.15, 0.2) is 5.72 Å². The summed E-state index contributed by atoms with van der Waals surface area (Å²) in [6, 6.07) is 7.85. The van der Waals surface area contributed by atoms with Crippen molar-refractivity contribution in [2.45, 2.75) is 57.7 Å². The molecule has 24 heavy (non-hydrogen) atoms. The number of amides is 2. The van der Waals surface area contributed by atoms with Gasteiger partial charge in [0.1, 0.15) is 11.7 Å². The molecule has 5 heteroatoms. The molecule has 0 radical (unpaired) electrons. The zero-order chi connectivity index (χ0) is 17.5. The van der Waals surface area contributed by atoms with E-state index in [9.17, 15) is 9.59 Å². The molecule has 2 heterocycles. The van der Waals surface area contributed by atoms with Crippen molar-refractivity contribution in [2.75, 3.05) is 7.05 Å². The highest BCUT2D eigenvalue weighted by molar-refractivity contribution is 6.02. The number of para-hydroxylation sites is 1. The summed E-state index contributed by atoms with van der Waals surface area (Å²) in [4.78, 5) is 27.4. The van der Waals surface area contributed by atoms with Crippen LogP contribution in [0.2, 0.25) is 0 Å². The Labute approximate surface area is 143 Å². The Hall–Kier alpha value is -2.04. The van der Waals surface area contributed by atoms with Crippen LogP contribution in [0.25, 0.3) is 0 Å². The average Bonchev–Trinajstić information content (AvgIpc) is 2.57. The second-order valence-electron chi connectivity index (χ2n) is 7.02. The van der Waals surface area contributed by atoms with E-state index in [0.717, 1.165) is 24.2 Å². The molecule has 1 N–H and O–H groups in total. The molecule has 2 aliphatic heterocycles. The molecule has 0 spiro atoms. The van der Waals surface area contributed by atoms with Gasteiger partial charge in [-0.15, -0.1) is 0 Å². The van der Waals surface area contributed by atoms with Crippen molar-refractivity contribution >= 4 is 11.8 Å². The van der Waals surface area contributed by atoms with Crippen LogP contribution in [0.3, 0.4) is 0 Å². The van der Waals surface area contributed by atoms with Gasteiger partial charge in [-0.2, -0.15) is 0 Å². The molecule has 2 aliphatic rings. The van der Waals surface area contributed by atoms with Gasteiger partial charge in [0.25, 0.3) is 0 Å². The molecule has 3 rings (SSSR count). The Bertz CT molecular complexity index is 656. The summed E-state index contributed by atoms with van der Waals surface area (Å²) in [5, 5.41) is 3.06. The van der Waals surface area contributed by atoms with E-state index in [-0.39, 0.29) is 23.8 Å². The zero-order valence-corrected chi connectivity index (χ0v) is 14.8. The predicted octanol–water partition coefficient (Wildman–Crippen LogP) is 2.66. The summed E-state index contributed by atoms with van der Waals surface area (Å²) in [6.45, 7) is 6.01. The number of piperidine rings is 1. The molecule has 1 saturated heterocycles. The third kappa shape index (κ3) is 2.56. The fraction of sp³-hybridized carbons (Fsp3) is 0.579. The molecule has 2 bridgehead atoms. The molecule has 2 amide bonds. The van der Waals surface area contributed by atoms with Gasteiger partial charge >= 0.3 is 0 Å². The Kier molecular flexibility index (Phi) is 4.28. The molecule has 0 saturated carbocycles. The largest absolute Gasteiger partial charge is 0.468 e. The van der Waals surface area contributed by atoms with Crippen molar-refractivity contribution in [3.8, 4) is 5.75 Å². The number of rotatable bonds is 4. The number of nitrogens with one attached hydrogen (secondary N) is 1. The number of benzene rings is 1. The Morgan fingerprint density at radius 1 is 1.38 bits per heavy atom. The standard InChI is InChI=1S/C19H26N2O3/c1-5-12(6-2)20-17(22)16-14-11-19(3,21(4)18(16)23)24-15-10-8-7-9-13(14)15/h7-10,12,14,16H,5-6,11H2,1-4H3,(H,20,22)/t14-,16-,19+/m0/s1. The first kappa shape index (κ1) is 16.8. The molecule has 0 unspecified atom stereocenters. The van der Waals surface area contributed by atoms with E-state index in [1.165, 1.54) is 0 Å². The molecular formula is C19H26N2O3. The summed E-state index contributed by atoms with van der Waals surface area (Å²) in [6.07, 6.45) is 2.36. The molecular weight excluding hydrogens is 304 g/mol. The predicted molar refractivity (Wildman–Crippen MR) is 91.6 cm³/mol. The van der Waals surface area contributed by atoms with Gasteiger partial charge in [0.05, 0.1) is 0 Å². The summed E-state index contributed by atoms with van der Waals surface area (Å²) >= 11 is 0. The number of fused-ring (bicyclic) bond motifs is 4. The van der Waals surface area contributed by atoms with E-state index >= 15 is 0 Å². The normalized spacial score (nSPS) is 28.4. The second-order valence-corrected chi connectivity index (χ2v) is 7.02. The van der Waals surface area contributed by atoms with E-state index in [4.69, 9.17) is 4.74 Å². The first-order chi connectivity index (χ1) is 11.4. The van der Waals surface area contributed by atoms with Crippen LogP contribution in [-0.2, 0) is 9.59 Å². The highest BCUT2D eigenvalue weighted by Gasteiger charge is 2.54. The summed E-state index contributed by atoms with van der Waals surface area (Å²) in [5.41, 5.74) is 0.267. The Balaban J connectivity index is 1.98.